The zero-order chi connectivity index (χ0) is 10.1. The lowest BCUT2D eigenvalue weighted by Gasteiger charge is -2.08. The van der Waals surface area contributed by atoms with Gasteiger partial charge in [0.1, 0.15) is 0 Å². The summed E-state index contributed by atoms with van der Waals surface area (Å²) < 4.78 is 1.80. The summed E-state index contributed by atoms with van der Waals surface area (Å²) >= 11 is 5.75. The van der Waals surface area contributed by atoms with Crippen molar-refractivity contribution in [2.75, 3.05) is 0 Å². The van der Waals surface area contributed by atoms with Crippen LogP contribution in [0.2, 0.25) is 5.02 Å². The highest BCUT2D eigenvalue weighted by Gasteiger charge is 2.30. The van der Waals surface area contributed by atoms with Crippen molar-refractivity contribution < 1.29 is 5.11 Å². The van der Waals surface area contributed by atoms with Crippen LogP contribution in [0.3, 0.4) is 0 Å². The van der Waals surface area contributed by atoms with E-state index in [-0.39, 0.29) is 12.1 Å². The van der Waals surface area contributed by atoms with Crippen molar-refractivity contribution in [2.45, 2.75) is 31.5 Å². The van der Waals surface area contributed by atoms with Crippen LogP contribution in [0.5, 0.6) is 0 Å². The minimum Gasteiger partial charge on any atom is -0.392 e. The van der Waals surface area contributed by atoms with Crippen molar-refractivity contribution in [3.8, 4) is 0 Å². The van der Waals surface area contributed by atoms with Crippen LogP contribution in [0, 0.1) is 5.92 Å². The molecule has 1 heterocycles. The molecule has 4 nitrogen and oxygen atoms in total. The Morgan fingerprint density at radius 1 is 1.64 bits per heavy atom. The molecule has 0 aliphatic heterocycles. The van der Waals surface area contributed by atoms with Gasteiger partial charge in [0.2, 0.25) is 0 Å². The molecule has 3 atom stereocenters. The number of rotatable bonds is 2. The monoisotopic (exact) mass is 215 g/mol. The van der Waals surface area contributed by atoms with E-state index in [1.807, 2.05) is 0 Å². The molecular weight excluding hydrogens is 202 g/mol. The fourth-order valence-corrected chi connectivity index (χ4v) is 2.16. The van der Waals surface area contributed by atoms with E-state index in [1.165, 1.54) is 0 Å². The molecule has 1 aliphatic rings. The maximum Gasteiger partial charge on any atom is 0.0785 e. The number of aliphatic hydroxyl groups excluding tert-OH is 1. The Morgan fingerprint density at radius 2 is 2.43 bits per heavy atom. The van der Waals surface area contributed by atoms with Gasteiger partial charge in [-0.3, -0.25) is 4.68 Å². The average molecular weight is 216 g/mol. The second-order valence-corrected chi connectivity index (χ2v) is 4.39. The molecule has 0 bridgehead atoms. The van der Waals surface area contributed by atoms with Crippen LogP contribution in [0.15, 0.2) is 12.4 Å². The van der Waals surface area contributed by atoms with Gasteiger partial charge in [0.15, 0.2) is 0 Å². The Kier molecular flexibility index (Phi) is 2.76. The second kappa shape index (κ2) is 3.88. The average Bonchev–Trinajstić information content (AvgIpc) is 2.62. The molecule has 0 amide bonds. The molecular formula is C9H14ClN3O. The summed E-state index contributed by atoms with van der Waals surface area (Å²) in [7, 11) is 0. The third-order valence-corrected chi connectivity index (χ3v) is 2.92. The minimum atomic E-state index is -0.356. The van der Waals surface area contributed by atoms with Crippen LogP contribution in [0.25, 0.3) is 0 Å². The van der Waals surface area contributed by atoms with Gasteiger partial charge in [-0.1, -0.05) is 11.6 Å². The molecule has 1 aromatic rings. The normalized spacial score (nSPS) is 32.4. The van der Waals surface area contributed by atoms with E-state index in [9.17, 15) is 5.11 Å². The van der Waals surface area contributed by atoms with Crippen molar-refractivity contribution in [1.82, 2.24) is 9.78 Å². The summed E-state index contributed by atoms with van der Waals surface area (Å²) in [5.74, 6) is 0.413. The van der Waals surface area contributed by atoms with Crippen LogP contribution in [0.4, 0.5) is 0 Å². The minimum absolute atomic E-state index is 0.0777. The number of hydrogen-bond donors (Lipinski definition) is 2. The van der Waals surface area contributed by atoms with Crippen molar-refractivity contribution in [3.63, 3.8) is 0 Å². The van der Waals surface area contributed by atoms with Gasteiger partial charge in [-0.25, -0.2) is 0 Å². The highest BCUT2D eigenvalue weighted by Crippen LogP contribution is 2.26. The zero-order valence-electron chi connectivity index (χ0n) is 7.81. The molecule has 1 aromatic heterocycles. The fraction of sp³-hybridized carbons (Fsp3) is 0.667. The quantitative estimate of drug-likeness (QED) is 0.761. The molecule has 1 saturated carbocycles. The molecule has 3 N–H and O–H groups in total. The summed E-state index contributed by atoms with van der Waals surface area (Å²) in [5.41, 5.74) is 5.72. The number of aliphatic hydroxyl groups is 1. The van der Waals surface area contributed by atoms with Gasteiger partial charge in [-0.15, -0.1) is 0 Å². The van der Waals surface area contributed by atoms with Crippen LogP contribution >= 0.6 is 11.6 Å². The lowest BCUT2D eigenvalue weighted by atomic mass is 10.1. The van der Waals surface area contributed by atoms with Gasteiger partial charge in [0.05, 0.1) is 17.3 Å². The van der Waals surface area contributed by atoms with Crippen molar-refractivity contribution in [1.29, 1.82) is 0 Å². The Labute approximate surface area is 87.7 Å². The summed E-state index contributed by atoms with van der Waals surface area (Å²) in [4.78, 5) is 0. The van der Waals surface area contributed by atoms with Gasteiger partial charge in [0.25, 0.3) is 0 Å². The first kappa shape index (κ1) is 9.96. The molecule has 1 aliphatic carbocycles. The van der Waals surface area contributed by atoms with E-state index in [2.05, 4.69) is 5.10 Å². The number of aromatic nitrogens is 2. The molecule has 0 radical (unpaired) electrons. The third kappa shape index (κ3) is 2.08. The lowest BCUT2D eigenvalue weighted by Crippen LogP contribution is -2.28. The zero-order valence-corrected chi connectivity index (χ0v) is 8.56. The Bertz CT molecular complexity index is 305. The number of hydrogen-bond acceptors (Lipinski definition) is 3. The van der Waals surface area contributed by atoms with E-state index in [0.29, 0.717) is 10.9 Å². The molecule has 78 valence electrons. The first-order valence-electron chi connectivity index (χ1n) is 4.77. The van der Waals surface area contributed by atoms with Crippen molar-refractivity contribution in [2.24, 2.45) is 11.7 Å². The van der Waals surface area contributed by atoms with Crippen LogP contribution < -0.4 is 5.73 Å². The van der Waals surface area contributed by atoms with E-state index in [0.717, 1.165) is 19.4 Å². The second-order valence-electron chi connectivity index (χ2n) is 3.95. The van der Waals surface area contributed by atoms with Crippen LogP contribution in [-0.4, -0.2) is 27.0 Å². The Hall–Kier alpha value is -0.580. The maximum absolute atomic E-state index is 9.47. The SMILES string of the molecule is NC1CC(Cn2cc(Cl)cn2)CC1O. The topological polar surface area (TPSA) is 64.1 Å². The fourth-order valence-electron chi connectivity index (χ4n) is 2.01. The maximum atomic E-state index is 9.47. The molecule has 0 spiro atoms. The summed E-state index contributed by atoms with van der Waals surface area (Å²) in [5, 5.41) is 14.2. The first-order valence-corrected chi connectivity index (χ1v) is 5.14. The van der Waals surface area contributed by atoms with E-state index >= 15 is 0 Å². The van der Waals surface area contributed by atoms with Gasteiger partial charge >= 0.3 is 0 Å². The molecule has 5 heteroatoms. The highest BCUT2D eigenvalue weighted by atomic mass is 35.5. The van der Waals surface area contributed by atoms with Crippen LogP contribution in [0.1, 0.15) is 12.8 Å². The van der Waals surface area contributed by atoms with E-state index < -0.39 is 0 Å². The van der Waals surface area contributed by atoms with E-state index in [4.69, 9.17) is 17.3 Å². The third-order valence-electron chi connectivity index (χ3n) is 2.72. The smallest absolute Gasteiger partial charge is 0.0785 e. The predicted octanol–water partition coefficient (Wildman–Crippen LogP) is 0.635. The van der Waals surface area contributed by atoms with Crippen molar-refractivity contribution >= 4 is 11.6 Å². The lowest BCUT2D eigenvalue weighted by molar-refractivity contribution is 0.160. The van der Waals surface area contributed by atoms with Crippen LogP contribution in [-0.2, 0) is 6.54 Å². The summed E-state index contributed by atoms with van der Waals surface area (Å²) in [6, 6.07) is -0.0777. The molecule has 0 aromatic carbocycles. The summed E-state index contributed by atoms with van der Waals surface area (Å²) in [6.07, 6.45) is 4.67. The molecule has 2 rings (SSSR count). The number of nitrogens with zero attached hydrogens (tertiary/aromatic N) is 2. The molecule has 0 saturated heterocycles. The number of halogens is 1. The first-order chi connectivity index (χ1) is 6.65. The van der Waals surface area contributed by atoms with Gasteiger partial charge in [-0.2, -0.15) is 5.10 Å². The molecule has 14 heavy (non-hydrogen) atoms. The van der Waals surface area contributed by atoms with Gasteiger partial charge in [-0.05, 0) is 18.8 Å². The van der Waals surface area contributed by atoms with Gasteiger partial charge in [0, 0.05) is 18.8 Å². The Morgan fingerprint density at radius 3 is 2.93 bits per heavy atom. The predicted molar refractivity (Wildman–Crippen MR) is 53.9 cm³/mol. The number of nitrogens with two attached hydrogens (primary N) is 1. The molecule has 3 unspecified atom stereocenters. The summed E-state index contributed by atoms with van der Waals surface area (Å²) in [6.45, 7) is 0.789. The van der Waals surface area contributed by atoms with Crippen molar-refractivity contribution in [3.05, 3.63) is 17.4 Å². The highest BCUT2D eigenvalue weighted by molar-refractivity contribution is 6.30. The van der Waals surface area contributed by atoms with Gasteiger partial charge < -0.3 is 10.8 Å². The Balaban J connectivity index is 1.93. The molecule has 1 fully saturated rings. The van der Waals surface area contributed by atoms with E-state index in [1.54, 1.807) is 17.1 Å². The largest absolute Gasteiger partial charge is 0.392 e. The standard InChI is InChI=1S/C9H14ClN3O/c10-7-3-12-13(5-7)4-6-1-8(11)9(14)2-6/h3,5-6,8-9,14H,1-2,4,11H2.